The number of anilines is 1. The molecule has 0 aromatic heterocycles. The Hall–Kier alpha value is -1.31. The SMILES string of the molecule is COc1ccc(S(=O)(=O)NCCN2CCCCC2)cc1N. The lowest BCUT2D eigenvalue weighted by Crippen LogP contribution is -2.37. The average molecular weight is 313 g/mol. The van der Waals surface area contributed by atoms with Crippen molar-refractivity contribution in [3.63, 3.8) is 0 Å². The van der Waals surface area contributed by atoms with Crippen molar-refractivity contribution in [3.8, 4) is 5.75 Å². The molecule has 0 bridgehead atoms. The predicted molar refractivity (Wildman–Crippen MR) is 82.9 cm³/mol. The quantitative estimate of drug-likeness (QED) is 0.767. The summed E-state index contributed by atoms with van der Waals surface area (Å²) in [5.41, 5.74) is 6.06. The molecule has 1 saturated heterocycles. The Kier molecular flexibility index (Phi) is 5.44. The molecule has 0 spiro atoms. The Bertz CT molecular complexity index is 569. The second-order valence-corrected chi connectivity index (χ2v) is 6.97. The fourth-order valence-corrected chi connectivity index (χ4v) is 3.54. The number of hydrogen-bond acceptors (Lipinski definition) is 5. The minimum absolute atomic E-state index is 0.166. The highest BCUT2D eigenvalue weighted by Crippen LogP contribution is 2.24. The van der Waals surface area contributed by atoms with Crippen LogP contribution >= 0.6 is 0 Å². The number of sulfonamides is 1. The first-order valence-corrected chi connectivity index (χ1v) is 8.67. The summed E-state index contributed by atoms with van der Waals surface area (Å²) in [7, 11) is -2.02. The molecule has 1 aliphatic rings. The second-order valence-electron chi connectivity index (χ2n) is 5.20. The number of piperidine rings is 1. The summed E-state index contributed by atoms with van der Waals surface area (Å²) in [6, 6.07) is 4.48. The van der Waals surface area contributed by atoms with Crippen LogP contribution < -0.4 is 15.2 Å². The summed E-state index contributed by atoms with van der Waals surface area (Å²) in [5.74, 6) is 0.474. The summed E-state index contributed by atoms with van der Waals surface area (Å²) >= 11 is 0. The molecule has 1 aliphatic heterocycles. The summed E-state index contributed by atoms with van der Waals surface area (Å²) in [6.07, 6.45) is 3.66. The molecule has 7 heteroatoms. The maximum atomic E-state index is 12.2. The molecular formula is C14H23N3O3S. The van der Waals surface area contributed by atoms with Crippen molar-refractivity contribution in [1.29, 1.82) is 0 Å². The van der Waals surface area contributed by atoms with E-state index in [-0.39, 0.29) is 4.90 Å². The third-order valence-corrected chi connectivity index (χ3v) is 5.14. The number of rotatable bonds is 6. The van der Waals surface area contributed by atoms with Crippen LogP contribution in [-0.4, -0.2) is 46.6 Å². The molecule has 0 aliphatic carbocycles. The number of nitrogens with zero attached hydrogens (tertiary/aromatic N) is 1. The Balaban J connectivity index is 1.93. The van der Waals surface area contributed by atoms with Gasteiger partial charge in [0.1, 0.15) is 5.75 Å². The van der Waals surface area contributed by atoms with Gasteiger partial charge in [0.2, 0.25) is 10.0 Å². The Labute approximate surface area is 126 Å². The van der Waals surface area contributed by atoms with Gasteiger partial charge in [-0.05, 0) is 44.1 Å². The predicted octanol–water partition coefficient (Wildman–Crippen LogP) is 1.04. The van der Waals surface area contributed by atoms with E-state index in [0.29, 0.717) is 18.0 Å². The molecule has 0 atom stereocenters. The fourth-order valence-electron chi connectivity index (χ4n) is 2.48. The van der Waals surface area contributed by atoms with Crippen LogP contribution in [0.15, 0.2) is 23.1 Å². The minimum Gasteiger partial charge on any atom is -0.495 e. The van der Waals surface area contributed by atoms with Crippen molar-refractivity contribution < 1.29 is 13.2 Å². The molecule has 1 aromatic rings. The molecule has 1 heterocycles. The van der Waals surface area contributed by atoms with Crippen LogP contribution in [0.4, 0.5) is 5.69 Å². The van der Waals surface area contributed by atoms with Crippen LogP contribution in [0.5, 0.6) is 5.75 Å². The zero-order valence-electron chi connectivity index (χ0n) is 12.3. The summed E-state index contributed by atoms with van der Waals surface area (Å²) < 4.78 is 32.0. The number of hydrogen-bond donors (Lipinski definition) is 2. The Morgan fingerprint density at radius 1 is 1.29 bits per heavy atom. The van der Waals surface area contributed by atoms with Crippen molar-refractivity contribution in [1.82, 2.24) is 9.62 Å². The van der Waals surface area contributed by atoms with Gasteiger partial charge in [-0.15, -0.1) is 0 Å². The molecule has 0 amide bonds. The molecule has 21 heavy (non-hydrogen) atoms. The molecule has 6 nitrogen and oxygen atoms in total. The van der Waals surface area contributed by atoms with E-state index in [1.807, 2.05) is 0 Å². The van der Waals surface area contributed by atoms with E-state index < -0.39 is 10.0 Å². The number of benzene rings is 1. The standard InChI is InChI=1S/C14H23N3O3S/c1-20-14-6-5-12(11-13(14)15)21(18,19)16-7-10-17-8-3-2-4-9-17/h5-6,11,16H,2-4,7-10,15H2,1H3. The summed E-state index contributed by atoms with van der Waals surface area (Å²) in [4.78, 5) is 2.45. The monoisotopic (exact) mass is 313 g/mol. The van der Waals surface area contributed by atoms with Gasteiger partial charge < -0.3 is 15.4 Å². The van der Waals surface area contributed by atoms with E-state index in [1.165, 1.54) is 38.5 Å². The lowest BCUT2D eigenvalue weighted by molar-refractivity contribution is 0.233. The van der Waals surface area contributed by atoms with Crippen molar-refractivity contribution in [2.75, 3.05) is 39.0 Å². The van der Waals surface area contributed by atoms with E-state index in [1.54, 1.807) is 6.07 Å². The molecule has 0 unspecified atom stereocenters. The maximum absolute atomic E-state index is 12.2. The van der Waals surface area contributed by atoms with Gasteiger partial charge in [0.05, 0.1) is 17.7 Å². The zero-order chi connectivity index (χ0) is 15.3. The lowest BCUT2D eigenvalue weighted by atomic mass is 10.1. The first kappa shape index (κ1) is 16.1. The largest absolute Gasteiger partial charge is 0.495 e. The third kappa shape index (κ3) is 4.33. The number of likely N-dealkylation sites (tertiary alicyclic amines) is 1. The van der Waals surface area contributed by atoms with Crippen molar-refractivity contribution in [2.45, 2.75) is 24.2 Å². The highest BCUT2D eigenvalue weighted by molar-refractivity contribution is 7.89. The van der Waals surface area contributed by atoms with Gasteiger partial charge in [-0.3, -0.25) is 0 Å². The van der Waals surface area contributed by atoms with Crippen LogP contribution in [0, 0.1) is 0 Å². The van der Waals surface area contributed by atoms with Crippen molar-refractivity contribution in [3.05, 3.63) is 18.2 Å². The molecule has 0 saturated carbocycles. The first-order chi connectivity index (χ1) is 10.0. The Morgan fingerprint density at radius 3 is 2.62 bits per heavy atom. The van der Waals surface area contributed by atoms with Crippen LogP contribution in [0.1, 0.15) is 19.3 Å². The molecule has 1 fully saturated rings. The third-order valence-electron chi connectivity index (χ3n) is 3.68. The van der Waals surface area contributed by atoms with Gasteiger partial charge in [0.15, 0.2) is 0 Å². The van der Waals surface area contributed by atoms with Gasteiger partial charge in [-0.25, -0.2) is 13.1 Å². The molecule has 118 valence electrons. The van der Waals surface area contributed by atoms with Crippen molar-refractivity contribution in [2.24, 2.45) is 0 Å². The molecule has 3 N–H and O–H groups in total. The number of nitrogens with two attached hydrogens (primary N) is 1. The van der Waals surface area contributed by atoms with Crippen LogP contribution in [0.3, 0.4) is 0 Å². The lowest BCUT2D eigenvalue weighted by Gasteiger charge is -2.26. The second kappa shape index (κ2) is 7.11. The highest BCUT2D eigenvalue weighted by Gasteiger charge is 2.16. The van der Waals surface area contributed by atoms with Crippen LogP contribution in [-0.2, 0) is 10.0 Å². The first-order valence-electron chi connectivity index (χ1n) is 7.18. The highest BCUT2D eigenvalue weighted by atomic mass is 32.2. The molecule has 2 rings (SSSR count). The number of ether oxygens (including phenoxy) is 1. The van der Waals surface area contributed by atoms with Crippen LogP contribution in [0.2, 0.25) is 0 Å². The zero-order valence-corrected chi connectivity index (χ0v) is 13.2. The van der Waals surface area contributed by atoms with Gasteiger partial charge in [-0.1, -0.05) is 6.42 Å². The van der Waals surface area contributed by atoms with E-state index in [0.717, 1.165) is 19.6 Å². The van der Waals surface area contributed by atoms with Crippen molar-refractivity contribution >= 4 is 15.7 Å². The smallest absolute Gasteiger partial charge is 0.240 e. The topological polar surface area (TPSA) is 84.7 Å². The average Bonchev–Trinajstić information content (AvgIpc) is 2.48. The van der Waals surface area contributed by atoms with Gasteiger partial charge in [-0.2, -0.15) is 0 Å². The minimum atomic E-state index is -3.52. The van der Waals surface area contributed by atoms with E-state index >= 15 is 0 Å². The number of nitrogen functional groups attached to an aromatic ring is 1. The van der Waals surface area contributed by atoms with Gasteiger partial charge in [0.25, 0.3) is 0 Å². The molecular weight excluding hydrogens is 290 g/mol. The fraction of sp³-hybridized carbons (Fsp3) is 0.571. The van der Waals surface area contributed by atoms with E-state index in [2.05, 4.69) is 9.62 Å². The van der Waals surface area contributed by atoms with Crippen LogP contribution in [0.25, 0.3) is 0 Å². The maximum Gasteiger partial charge on any atom is 0.240 e. The van der Waals surface area contributed by atoms with Gasteiger partial charge in [0, 0.05) is 13.1 Å². The number of nitrogens with one attached hydrogen (secondary N) is 1. The molecule has 0 radical (unpaired) electrons. The normalized spacial score (nSPS) is 16.8. The van der Waals surface area contributed by atoms with E-state index in [4.69, 9.17) is 10.5 Å². The molecule has 1 aromatic carbocycles. The van der Waals surface area contributed by atoms with E-state index in [9.17, 15) is 8.42 Å². The Morgan fingerprint density at radius 2 is 2.00 bits per heavy atom. The number of methoxy groups -OCH3 is 1. The summed E-state index contributed by atoms with van der Waals surface area (Å²) in [6.45, 7) is 3.26. The van der Waals surface area contributed by atoms with Gasteiger partial charge >= 0.3 is 0 Å². The summed E-state index contributed by atoms with van der Waals surface area (Å²) in [5, 5.41) is 0.